The highest BCUT2D eigenvalue weighted by atomic mass is 32.2. The van der Waals surface area contributed by atoms with Gasteiger partial charge in [0, 0.05) is 16.5 Å². The second-order valence-electron chi connectivity index (χ2n) is 5.62. The fraction of sp³-hybridized carbons (Fsp3) is 1.00. The summed E-state index contributed by atoms with van der Waals surface area (Å²) in [6.07, 6.45) is 4.04. The van der Waals surface area contributed by atoms with E-state index in [0.29, 0.717) is 0 Å². The van der Waals surface area contributed by atoms with Crippen LogP contribution in [0.2, 0.25) is 0 Å². The van der Waals surface area contributed by atoms with Crippen molar-refractivity contribution in [3.63, 3.8) is 0 Å². The standard InChI is InChI=1S/C14H29NS/c1-6-9-15-13-7-8-14(11(13)4)16-12(5)10(2)3/h10-15H,6-9H2,1-5H3. The largest absolute Gasteiger partial charge is 0.314 e. The fourth-order valence-electron chi connectivity index (χ4n) is 2.37. The lowest BCUT2D eigenvalue weighted by Crippen LogP contribution is -2.34. The van der Waals surface area contributed by atoms with Crippen LogP contribution in [0.25, 0.3) is 0 Å². The molecule has 0 saturated heterocycles. The highest BCUT2D eigenvalue weighted by Gasteiger charge is 2.33. The summed E-state index contributed by atoms with van der Waals surface area (Å²) in [5.41, 5.74) is 0. The number of hydrogen-bond donors (Lipinski definition) is 1. The quantitative estimate of drug-likeness (QED) is 0.758. The van der Waals surface area contributed by atoms with Crippen LogP contribution < -0.4 is 5.32 Å². The Balaban J connectivity index is 2.35. The molecule has 0 aliphatic heterocycles. The van der Waals surface area contributed by atoms with E-state index in [2.05, 4.69) is 51.7 Å². The SMILES string of the molecule is CCCNC1CCC(SC(C)C(C)C)C1C. The third kappa shape index (κ3) is 3.96. The topological polar surface area (TPSA) is 12.0 Å². The molecule has 1 aliphatic rings. The smallest absolute Gasteiger partial charge is 0.0104 e. The fourth-order valence-corrected chi connectivity index (χ4v) is 3.95. The molecule has 4 unspecified atom stereocenters. The third-order valence-electron chi connectivity index (χ3n) is 3.97. The molecule has 96 valence electrons. The molecule has 0 aromatic carbocycles. The number of nitrogens with one attached hydrogen (secondary N) is 1. The van der Waals surface area contributed by atoms with Crippen molar-refractivity contribution in [1.29, 1.82) is 0 Å². The molecule has 1 fully saturated rings. The molecule has 1 N–H and O–H groups in total. The minimum atomic E-state index is 0.775. The van der Waals surface area contributed by atoms with Crippen LogP contribution in [0.3, 0.4) is 0 Å². The zero-order chi connectivity index (χ0) is 12.1. The molecule has 0 heterocycles. The molecule has 1 saturated carbocycles. The van der Waals surface area contributed by atoms with Gasteiger partial charge in [-0.05, 0) is 37.6 Å². The molecule has 2 heteroatoms. The van der Waals surface area contributed by atoms with Crippen molar-refractivity contribution in [2.75, 3.05) is 6.54 Å². The zero-order valence-electron chi connectivity index (χ0n) is 11.6. The summed E-state index contributed by atoms with van der Waals surface area (Å²) in [6, 6.07) is 0.775. The molecular formula is C14H29NS. The van der Waals surface area contributed by atoms with Gasteiger partial charge in [-0.2, -0.15) is 11.8 Å². The van der Waals surface area contributed by atoms with Gasteiger partial charge >= 0.3 is 0 Å². The zero-order valence-corrected chi connectivity index (χ0v) is 12.4. The van der Waals surface area contributed by atoms with Gasteiger partial charge in [-0.15, -0.1) is 0 Å². The van der Waals surface area contributed by atoms with Crippen LogP contribution in [0.15, 0.2) is 0 Å². The van der Waals surface area contributed by atoms with E-state index in [0.717, 1.165) is 28.4 Å². The molecule has 1 aliphatic carbocycles. The van der Waals surface area contributed by atoms with Crippen LogP contribution >= 0.6 is 11.8 Å². The van der Waals surface area contributed by atoms with Gasteiger partial charge in [-0.3, -0.25) is 0 Å². The van der Waals surface area contributed by atoms with E-state index < -0.39 is 0 Å². The van der Waals surface area contributed by atoms with E-state index in [1.54, 1.807) is 0 Å². The van der Waals surface area contributed by atoms with Crippen LogP contribution in [0.4, 0.5) is 0 Å². The molecule has 0 bridgehead atoms. The lowest BCUT2D eigenvalue weighted by Gasteiger charge is -2.25. The Hall–Kier alpha value is 0.310. The van der Waals surface area contributed by atoms with Crippen molar-refractivity contribution in [2.24, 2.45) is 11.8 Å². The Morgan fingerprint density at radius 1 is 1.25 bits per heavy atom. The Morgan fingerprint density at radius 3 is 2.50 bits per heavy atom. The molecule has 16 heavy (non-hydrogen) atoms. The van der Waals surface area contributed by atoms with E-state index in [1.807, 2.05) is 0 Å². The third-order valence-corrected chi connectivity index (χ3v) is 5.96. The summed E-state index contributed by atoms with van der Waals surface area (Å²) in [6.45, 7) is 12.9. The number of hydrogen-bond acceptors (Lipinski definition) is 2. The van der Waals surface area contributed by atoms with E-state index in [9.17, 15) is 0 Å². The highest BCUT2D eigenvalue weighted by Crippen LogP contribution is 2.38. The summed E-state index contributed by atoms with van der Waals surface area (Å²) >= 11 is 2.22. The van der Waals surface area contributed by atoms with Crippen LogP contribution in [0, 0.1) is 11.8 Å². The Bertz CT molecular complexity index is 193. The minimum Gasteiger partial charge on any atom is -0.314 e. The normalized spacial score (nSPS) is 32.2. The van der Waals surface area contributed by atoms with Gasteiger partial charge in [0.15, 0.2) is 0 Å². The van der Waals surface area contributed by atoms with Gasteiger partial charge in [0.1, 0.15) is 0 Å². The van der Waals surface area contributed by atoms with Gasteiger partial charge in [-0.1, -0.05) is 34.6 Å². The van der Waals surface area contributed by atoms with Crippen LogP contribution in [-0.2, 0) is 0 Å². The first-order valence-electron chi connectivity index (χ1n) is 6.95. The molecule has 0 amide bonds. The second kappa shape index (κ2) is 6.90. The lowest BCUT2D eigenvalue weighted by atomic mass is 10.1. The molecule has 4 atom stereocenters. The van der Waals surface area contributed by atoms with Crippen LogP contribution in [0.5, 0.6) is 0 Å². The maximum absolute atomic E-state index is 3.70. The molecule has 0 radical (unpaired) electrons. The number of thioether (sulfide) groups is 1. The van der Waals surface area contributed by atoms with Gasteiger partial charge < -0.3 is 5.32 Å². The van der Waals surface area contributed by atoms with Crippen molar-refractivity contribution in [3.05, 3.63) is 0 Å². The molecule has 0 aromatic heterocycles. The first-order valence-corrected chi connectivity index (χ1v) is 7.89. The molecule has 1 nitrogen and oxygen atoms in total. The highest BCUT2D eigenvalue weighted by molar-refractivity contribution is 8.00. The second-order valence-corrected chi connectivity index (χ2v) is 7.24. The maximum atomic E-state index is 3.70. The van der Waals surface area contributed by atoms with E-state index in [1.165, 1.54) is 25.8 Å². The van der Waals surface area contributed by atoms with Crippen molar-refractivity contribution < 1.29 is 0 Å². The number of rotatable bonds is 6. The van der Waals surface area contributed by atoms with Crippen molar-refractivity contribution in [1.82, 2.24) is 5.32 Å². The van der Waals surface area contributed by atoms with E-state index >= 15 is 0 Å². The van der Waals surface area contributed by atoms with Gasteiger partial charge in [-0.25, -0.2) is 0 Å². The van der Waals surface area contributed by atoms with Gasteiger partial charge in [0.2, 0.25) is 0 Å². The molecule has 1 rings (SSSR count). The van der Waals surface area contributed by atoms with E-state index in [4.69, 9.17) is 0 Å². The van der Waals surface area contributed by atoms with Crippen molar-refractivity contribution in [3.8, 4) is 0 Å². The van der Waals surface area contributed by atoms with Crippen molar-refractivity contribution in [2.45, 2.75) is 70.4 Å². The summed E-state index contributed by atoms with van der Waals surface area (Å²) < 4.78 is 0. The van der Waals surface area contributed by atoms with Gasteiger partial charge in [0.25, 0.3) is 0 Å². The molecule has 0 spiro atoms. The average molecular weight is 243 g/mol. The predicted octanol–water partition coefficient (Wildman–Crippen LogP) is 3.93. The van der Waals surface area contributed by atoms with Crippen LogP contribution in [0.1, 0.15) is 53.9 Å². The predicted molar refractivity (Wildman–Crippen MR) is 76.2 cm³/mol. The van der Waals surface area contributed by atoms with Gasteiger partial charge in [0.05, 0.1) is 0 Å². The lowest BCUT2D eigenvalue weighted by molar-refractivity contribution is 0.431. The van der Waals surface area contributed by atoms with Crippen molar-refractivity contribution >= 4 is 11.8 Å². The first kappa shape index (κ1) is 14.4. The van der Waals surface area contributed by atoms with Crippen LogP contribution in [-0.4, -0.2) is 23.1 Å². The summed E-state index contributed by atoms with van der Waals surface area (Å²) in [5.74, 6) is 1.65. The Kier molecular flexibility index (Phi) is 6.20. The minimum absolute atomic E-state index is 0.775. The monoisotopic (exact) mass is 243 g/mol. The summed E-state index contributed by atoms with van der Waals surface area (Å²) in [7, 11) is 0. The van der Waals surface area contributed by atoms with E-state index in [-0.39, 0.29) is 0 Å². The Morgan fingerprint density at radius 2 is 1.94 bits per heavy atom. The summed E-state index contributed by atoms with van der Waals surface area (Å²) in [4.78, 5) is 0. The molecular weight excluding hydrogens is 214 g/mol. The summed E-state index contributed by atoms with van der Waals surface area (Å²) in [5, 5.41) is 5.38. The average Bonchev–Trinajstić information content (AvgIpc) is 2.57. The Labute approximate surface area is 106 Å². The first-order chi connectivity index (χ1) is 7.56. The molecule has 0 aromatic rings. The maximum Gasteiger partial charge on any atom is 0.0104 e.